The summed E-state index contributed by atoms with van der Waals surface area (Å²) in [5, 5.41) is 16.6. The zero-order valence-corrected chi connectivity index (χ0v) is 15.9. The number of hydrogen-bond acceptors (Lipinski definition) is 4. The zero-order valence-electron chi connectivity index (χ0n) is 15.9. The first-order valence-electron chi connectivity index (χ1n) is 9.08. The average Bonchev–Trinajstić information content (AvgIpc) is 3.28. The van der Waals surface area contributed by atoms with Gasteiger partial charge in [0.25, 0.3) is 5.91 Å². The second-order valence-corrected chi connectivity index (χ2v) is 6.44. The molecule has 1 atom stereocenters. The van der Waals surface area contributed by atoms with Crippen molar-refractivity contribution in [1.29, 1.82) is 0 Å². The highest BCUT2D eigenvalue weighted by Crippen LogP contribution is 2.36. The fourth-order valence-corrected chi connectivity index (χ4v) is 2.70. The summed E-state index contributed by atoms with van der Waals surface area (Å²) in [6.45, 7) is -0.272. The van der Waals surface area contributed by atoms with Crippen LogP contribution in [0.3, 0.4) is 0 Å². The van der Waals surface area contributed by atoms with Gasteiger partial charge in [0.05, 0.1) is 24.1 Å². The molecule has 31 heavy (non-hydrogen) atoms. The van der Waals surface area contributed by atoms with E-state index >= 15 is 0 Å². The number of nitrogens with one attached hydrogen (secondary N) is 3. The number of anilines is 2. The molecule has 1 aromatic heterocycles. The Kier molecular flexibility index (Phi) is 6.61. The van der Waals surface area contributed by atoms with E-state index in [1.807, 2.05) is 0 Å². The number of furan rings is 1. The second-order valence-electron chi connectivity index (χ2n) is 6.44. The lowest BCUT2D eigenvalue weighted by Gasteiger charge is -2.17. The van der Waals surface area contributed by atoms with Gasteiger partial charge in [-0.15, -0.1) is 0 Å². The van der Waals surface area contributed by atoms with Gasteiger partial charge in [-0.05, 0) is 42.5 Å². The number of benzene rings is 2. The van der Waals surface area contributed by atoms with E-state index in [9.17, 15) is 27.9 Å². The molecule has 10 heteroatoms. The molecule has 0 bridgehead atoms. The van der Waals surface area contributed by atoms with E-state index in [0.717, 1.165) is 12.1 Å². The third-order valence-electron chi connectivity index (χ3n) is 4.19. The Labute approximate surface area is 174 Å². The van der Waals surface area contributed by atoms with Gasteiger partial charge in [-0.1, -0.05) is 18.2 Å². The summed E-state index contributed by atoms with van der Waals surface area (Å²) in [6.07, 6.45) is -4.60. The molecule has 162 valence electrons. The monoisotopic (exact) mass is 433 g/mol. The minimum Gasteiger partial charge on any atom is -0.467 e. The molecule has 0 fully saturated rings. The Balaban J connectivity index is 1.69. The number of halogens is 3. The van der Waals surface area contributed by atoms with Crippen molar-refractivity contribution < 1.29 is 32.3 Å². The average molecular weight is 433 g/mol. The summed E-state index contributed by atoms with van der Waals surface area (Å²) >= 11 is 0. The van der Waals surface area contributed by atoms with Gasteiger partial charge in [0.2, 0.25) is 0 Å². The Hall–Kier alpha value is -3.79. The Morgan fingerprint density at radius 1 is 1.00 bits per heavy atom. The number of aliphatic hydroxyl groups excluding tert-OH is 1. The largest absolute Gasteiger partial charge is 0.467 e. The van der Waals surface area contributed by atoms with Gasteiger partial charge in [-0.2, -0.15) is 13.2 Å². The quantitative estimate of drug-likeness (QED) is 0.462. The molecule has 3 rings (SSSR count). The SMILES string of the molecule is O=C(NCC(O)c1ccco1)Nc1ccc(NC(=O)c2ccccc2)cc1C(F)(F)F. The molecule has 0 aliphatic carbocycles. The van der Waals surface area contributed by atoms with Crippen LogP contribution >= 0.6 is 0 Å². The lowest BCUT2D eigenvalue weighted by atomic mass is 10.1. The number of amides is 3. The molecule has 0 aliphatic rings. The lowest BCUT2D eigenvalue weighted by Crippen LogP contribution is -2.33. The van der Waals surface area contributed by atoms with E-state index in [4.69, 9.17) is 4.42 Å². The van der Waals surface area contributed by atoms with Gasteiger partial charge >= 0.3 is 12.2 Å². The lowest BCUT2D eigenvalue weighted by molar-refractivity contribution is -0.136. The van der Waals surface area contributed by atoms with Crippen LogP contribution < -0.4 is 16.0 Å². The molecule has 1 unspecified atom stereocenters. The van der Waals surface area contributed by atoms with E-state index in [1.54, 1.807) is 24.3 Å². The van der Waals surface area contributed by atoms with Gasteiger partial charge in [0.1, 0.15) is 11.9 Å². The molecular weight excluding hydrogens is 415 g/mol. The maximum Gasteiger partial charge on any atom is 0.418 e. The highest BCUT2D eigenvalue weighted by atomic mass is 19.4. The summed E-state index contributed by atoms with van der Waals surface area (Å²) in [7, 11) is 0. The van der Waals surface area contributed by atoms with Crippen LogP contribution in [-0.4, -0.2) is 23.6 Å². The molecule has 0 saturated carbocycles. The molecule has 0 radical (unpaired) electrons. The first kappa shape index (κ1) is 21.9. The molecule has 2 aromatic carbocycles. The minimum atomic E-state index is -4.79. The van der Waals surface area contributed by atoms with Crippen LogP contribution in [0.5, 0.6) is 0 Å². The molecule has 0 spiro atoms. The number of rotatable bonds is 6. The van der Waals surface area contributed by atoms with Crippen LogP contribution in [0, 0.1) is 0 Å². The third-order valence-corrected chi connectivity index (χ3v) is 4.19. The van der Waals surface area contributed by atoms with Crippen molar-refractivity contribution in [1.82, 2.24) is 5.32 Å². The fourth-order valence-electron chi connectivity index (χ4n) is 2.70. The maximum atomic E-state index is 13.5. The number of aliphatic hydroxyl groups is 1. The van der Waals surface area contributed by atoms with Crippen molar-refractivity contribution in [3.63, 3.8) is 0 Å². The Bertz CT molecular complexity index is 1040. The highest BCUT2D eigenvalue weighted by Gasteiger charge is 2.34. The number of carbonyl (C=O) groups is 2. The molecule has 7 nitrogen and oxygen atoms in total. The Morgan fingerprint density at radius 3 is 2.39 bits per heavy atom. The van der Waals surface area contributed by atoms with E-state index in [1.165, 1.54) is 30.5 Å². The highest BCUT2D eigenvalue weighted by molar-refractivity contribution is 6.04. The Morgan fingerprint density at radius 2 is 1.74 bits per heavy atom. The summed E-state index contributed by atoms with van der Waals surface area (Å²) in [5.41, 5.74) is -1.44. The van der Waals surface area contributed by atoms with Gasteiger partial charge in [0.15, 0.2) is 0 Å². The summed E-state index contributed by atoms with van der Waals surface area (Å²) in [4.78, 5) is 24.2. The van der Waals surface area contributed by atoms with Crippen LogP contribution in [0.25, 0.3) is 0 Å². The molecule has 3 aromatic rings. The zero-order chi connectivity index (χ0) is 22.4. The molecule has 4 N–H and O–H groups in total. The number of carbonyl (C=O) groups excluding carboxylic acids is 2. The van der Waals surface area contributed by atoms with E-state index < -0.39 is 35.5 Å². The molecule has 0 aliphatic heterocycles. The van der Waals surface area contributed by atoms with Crippen molar-refractivity contribution in [2.75, 3.05) is 17.2 Å². The number of hydrogen-bond donors (Lipinski definition) is 4. The maximum absolute atomic E-state index is 13.5. The smallest absolute Gasteiger partial charge is 0.418 e. The third kappa shape index (κ3) is 5.86. The predicted octanol–water partition coefficient (Wildman–Crippen LogP) is 4.41. The first-order chi connectivity index (χ1) is 14.7. The van der Waals surface area contributed by atoms with Crippen LogP contribution in [0.1, 0.15) is 27.8 Å². The molecule has 1 heterocycles. The topological polar surface area (TPSA) is 104 Å². The molecule has 0 saturated heterocycles. The molecule has 3 amide bonds. The van der Waals surface area contributed by atoms with E-state index in [0.29, 0.717) is 0 Å². The standard InChI is InChI=1S/C21H18F3N3O4/c22-21(23,24)15-11-14(26-19(29)13-5-2-1-3-6-13)8-9-16(15)27-20(30)25-12-17(28)18-7-4-10-31-18/h1-11,17,28H,12H2,(H,26,29)(H2,25,27,30). The van der Waals surface area contributed by atoms with Gasteiger partial charge in [-0.25, -0.2) is 4.79 Å². The fraction of sp³-hybridized carbons (Fsp3) is 0.143. The van der Waals surface area contributed by atoms with Crippen molar-refractivity contribution in [2.45, 2.75) is 12.3 Å². The van der Waals surface area contributed by atoms with E-state index in [2.05, 4.69) is 16.0 Å². The normalized spacial score (nSPS) is 12.1. The van der Waals surface area contributed by atoms with Crippen LogP contribution in [0.2, 0.25) is 0 Å². The predicted molar refractivity (Wildman–Crippen MR) is 107 cm³/mol. The van der Waals surface area contributed by atoms with Crippen LogP contribution in [0.4, 0.5) is 29.3 Å². The summed E-state index contributed by atoms with van der Waals surface area (Å²) in [6, 6.07) is 13.1. The van der Waals surface area contributed by atoms with Gasteiger partial charge < -0.3 is 25.5 Å². The van der Waals surface area contributed by atoms with Crippen molar-refractivity contribution >= 4 is 23.3 Å². The van der Waals surface area contributed by atoms with Crippen LogP contribution in [0.15, 0.2) is 71.3 Å². The van der Waals surface area contributed by atoms with Crippen molar-refractivity contribution in [2.24, 2.45) is 0 Å². The van der Waals surface area contributed by atoms with E-state index in [-0.39, 0.29) is 23.6 Å². The second kappa shape index (κ2) is 9.35. The van der Waals surface area contributed by atoms with Crippen molar-refractivity contribution in [3.8, 4) is 0 Å². The number of urea groups is 1. The first-order valence-corrected chi connectivity index (χ1v) is 9.08. The number of alkyl halides is 3. The summed E-state index contributed by atoms with van der Waals surface area (Å²) in [5.74, 6) is -0.367. The molecular formula is C21H18F3N3O4. The van der Waals surface area contributed by atoms with Gasteiger partial charge in [0, 0.05) is 11.3 Å². The summed E-state index contributed by atoms with van der Waals surface area (Å²) < 4.78 is 45.5. The van der Waals surface area contributed by atoms with Crippen LogP contribution in [-0.2, 0) is 6.18 Å². The van der Waals surface area contributed by atoms with Gasteiger partial charge in [-0.3, -0.25) is 4.79 Å². The van der Waals surface area contributed by atoms with Crippen molar-refractivity contribution in [3.05, 3.63) is 83.8 Å². The minimum absolute atomic E-state index is 0.0830.